The molecule has 1 heterocycles. The first-order valence-electron chi connectivity index (χ1n) is 5.11. The summed E-state index contributed by atoms with van der Waals surface area (Å²) in [5.41, 5.74) is 0. The van der Waals surface area contributed by atoms with Gasteiger partial charge in [-0.3, -0.25) is 4.90 Å². The lowest BCUT2D eigenvalue weighted by Gasteiger charge is -2.23. The highest BCUT2D eigenvalue weighted by molar-refractivity contribution is 4.78. The van der Waals surface area contributed by atoms with Crippen molar-refractivity contribution in [3.8, 4) is 0 Å². The summed E-state index contributed by atoms with van der Waals surface area (Å²) in [6, 6.07) is 0.710. The third-order valence-electron chi connectivity index (χ3n) is 2.66. The van der Waals surface area contributed by atoms with E-state index in [9.17, 15) is 0 Å². The molecule has 1 aliphatic rings. The number of unbranched alkanes of at least 4 members (excludes halogenated alkanes) is 1. The summed E-state index contributed by atoms with van der Waals surface area (Å²) in [7, 11) is 1.80. The van der Waals surface area contributed by atoms with E-state index in [2.05, 4.69) is 11.8 Å². The first kappa shape index (κ1) is 10.0. The Morgan fingerprint density at radius 2 is 2.33 bits per heavy atom. The van der Waals surface area contributed by atoms with E-state index in [0.717, 1.165) is 6.61 Å². The third-order valence-corrected chi connectivity index (χ3v) is 2.66. The zero-order chi connectivity index (χ0) is 8.81. The molecule has 1 rings (SSSR count). The molecule has 0 spiro atoms. The highest BCUT2D eigenvalue weighted by Crippen LogP contribution is 2.17. The molecule has 1 saturated heterocycles. The predicted octanol–water partition coefficient (Wildman–Crippen LogP) is 1.90. The molecule has 0 radical (unpaired) electrons. The number of hydrogen-bond acceptors (Lipinski definition) is 2. The molecule has 0 N–H and O–H groups in total. The Bertz CT molecular complexity index is 116. The molecule has 0 bridgehead atoms. The fourth-order valence-electron chi connectivity index (χ4n) is 1.93. The monoisotopic (exact) mass is 171 g/mol. The van der Waals surface area contributed by atoms with Crippen molar-refractivity contribution < 1.29 is 4.74 Å². The van der Waals surface area contributed by atoms with E-state index in [-0.39, 0.29) is 0 Å². The maximum Gasteiger partial charge on any atom is 0.0618 e. The van der Waals surface area contributed by atoms with E-state index in [1.807, 2.05) is 0 Å². The average Bonchev–Trinajstić information content (AvgIpc) is 2.50. The first-order chi connectivity index (χ1) is 5.88. The van der Waals surface area contributed by atoms with Crippen LogP contribution in [0.25, 0.3) is 0 Å². The van der Waals surface area contributed by atoms with Gasteiger partial charge in [0, 0.05) is 13.2 Å². The second-order valence-corrected chi connectivity index (χ2v) is 3.64. The Balaban J connectivity index is 2.20. The molecule has 72 valence electrons. The fraction of sp³-hybridized carbons (Fsp3) is 1.00. The highest BCUT2D eigenvalue weighted by atomic mass is 16.5. The van der Waals surface area contributed by atoms with Gasteiger partial charge in [0.1, 0.15) is 0 Å². The Morgan fingerprint density at radius 3 is 3.00 bits per heavy atom. The molecule has 0 unspecified atom stereocenters. The Kier molecular flexibility index (Phi) is 4.62. The predicted molar refractivity (Wildman–Crippen MR) is 51.4 cm³/mol. The Morgan fingerprint density at radius 1 is 1.50 bits per heavy atom. The van der Waals surface area contributed by atoms with Crippen molar-refractivity contribution in [3.05, 3.63) is 0 Å². The van der Waals surface area contributed by atoms with Crippen molar-refractivity contribution in [1.29, 1.82) is 0 Å². The lowest BCUT2D eigenvalue weighted by molar-refractivity contribution is 0.115. The quantitative estimate of drug-likeness (QED) is 0.626. The van der Waals surface area contributed by atoms with Crippen LogP contribution in [0.3, 0.4) is 0 Å². The molecule has 1 fully saturated rings. The summed E-state index contributed by atoms with van der Waals surface area (Å²) < 4.78 is 5.19. The van der Waals surface area contributed by atoms with Crippen LogP contribution in [0.4, 0.5) is 0 Å². The first-order valence-corrected chi connectivity index (χ1v) is 5.11. The minimum absolute atomic E-state index is 0.710. The van der Waals surface area contributed by atoms with Crippen LogP contribution in [-0.2, 0) is 4.74 Å². The molecule has 0 aromatic rings. The van der Waals surface area contributed by atoms with Crippen molar-refractivity contribution in [2.24, 2.45) is 0 Å². The van der Waals surface area contributed by atoms with Crippen LogP contribution < -0.4 is 0 Å². The SMILES string of the molecule is CCCCN1CCC[C@@H]1COC. The van der Waals surface area contributed by atoms with E-state index in [1.165, 1.54) is 38.8 Å². The van der Waals surface area contributed by atoms with Gasteiger partial charge in [-0.25, -0.2) is 0 Å². The van der Waals surface area contributed by atoms with Gasteiger partial charge in [-0.1, -0.05) is 13.3 Å². The van der Waals surface area contributed by atoms with E-state index < -0.39 is 0 Å². The highest BCUT2D eigenvalue weighted by Gasteiger charge is 2.22. The number of rotatable bonds is 5. The second kappa shape index (κ2) is 5.55. The third kappa shape index (κ3) is 2.76. The lowest BCUT2D eigenvalue weighted by Crippen LogP contribution is -2.33. The molecule has 0 aromatic carbocycles. The van der Waals surface area contributed by atoms with Crippen LogP contribution in [0, 0.1) is 0 Å². The number of nitrogens with zero attached hydrogens (tertiary/aromatic N) is 1. The molecule has 1 atom stereocenters. The van der Waals surface area contributed by atoms with E-state index in [0.29, 0.717) is 6.04 Å². The van der Waals surface area contributed by atoms with Crippen molar-refractivity contribution in [2.75, 3.05) is 26.8 Å². The Labute approximate surface area is 75.9 Å². The Hall–Kier alpha value is -0.0800. The maximum absolute atomic E-state index is 5.19. The van der Waals surface area contributed by atoms with Gasteiger partial charge in [0.2, 0.25) is 0 Å². The topological polar surface area (TPSA) is 12.5 Å². The van der Waals surface area contributed by atoms with Gasteiger partial charge in [0.15, 0.2) is 0 Å². The van der Waals surface area contributed by atoms with Crippen molar-refractivity contribution >= 4 is 0 Å². The summed E-state index contributed by atoms with van der Waals surface area (Å²) in [5, 5.41) is 0. The average molecular weight is 171 g/mol. The fourth-order valence-corrected chi connectivity index (χ4v) is 1.93. The van der Waals surface area contributed by atoms with E-state index in [4.69, 9.17) is 4.74 Å². The summed E-state index contributed by atoms with van der Waals surface area (Å²) in [6.45, 7) is 5.73. The van der Waals surface area contributed by atoms with Gasteiger partial charge in [0.25, 0.3) is 0 Å². The molecule has 12 heavy (non-hydrogen) atoms. The summed E-state index contributed by atoms with van der Waals surface area (Å²) >= 11 is 0. The summed E-state index contributed by atoms with van der Waals surface area (Å²) in [6.07, 6.45) is 5.33. The molecular weight excluding hydrogens is 150 g/mol. The van der Waals surface area contributed by atoms with Gasteiger partial charge < -0.3 is 4.74 Å². The van der Waals surface area contributed by atoms with Crippen LogP contribution in [0.15, 0.2) is 0 Å². The lowest BCUT2D eigenvalue weighted by atomic mass is 10.2. The van der Waals surface area contributed by atoms with Crippen LogP contribution in [0.1, 0.15) is 32.6 Å². The van der Waals surface area contributed by atoms with Gasteiger partial charge in [-0.05, 0) is 32.4 Å². The molecule has 2 nitrogen and oxygen atoms in total. The van der Waals surface area contributed by atoms with Crippen LogP contribution in [0.2, 0.25) is 0 Å². The molecule has 0 saturated carbocycles. The molecule has 2 heteroatoms. The number of methoxy groups -OCH3 is 1. The minimum atomic E-state index is 0.710. The number of hydrogen-bond donors (Lipinski definition) is 0. The maximum atomic E-state index is 5.19. The molecule has 0 aliphatic carbocycles. The molecule has 0 aromatic heterocycles. The molecule has 0 amide bonds. The van der Waals surface area contributed by atoms with Gasteiger partial charge in [-0.2, -0.15) is 0 Å². The summed E-state index contributed by atoms with van der Waals surface area (Å²) in [4.78, 5) is 2.58. The zero-order valence-corrected chi connectivity index (χ0v) is 8.38. The standard InChI is InChI=1S/C10H21NO/c1-3-4-7-11-8-5-6-10(11)9-12-2/h10H,3-9H2,1-2H3/t10-/m1/s1. The van der Waals surface area contributed by atoms with E-state index in [1.54, 1.807) is 7.11 Å². The second-order valence-electron chi connectivity index (χ2n) is 3.64. The van der Waals surface area contributed by atoms with Crippen LogP contribution >= 0.6 is 0 Å². The van der Waals surface area contributed by atoms with Gasteiger partial charge in [0.05, 0.1) is 6.61 Å². The smallest absolute Gasteiger partial charge is 0.0618 e. The summed E-state index contributed by atoms with van der Waals surface area (Å²) in [5.74, 6) is 0. The van der Waals surface area contributed by atoms with Crippen molar-refractivity contribution in [2.45, 2.75) is 38.6 Å². The number of ether oxygens (including phenoxy) is 1. The zero-order valence-electron chi connectivity index (χ0n) is 8.38. The minimum Gasteiger partial charge on any atom is -0.383 e. The van der Waals surface area contributed by atoms with Crippen molar-refractivity contribution in [1.82, 2.24) is 4.90 Å². The molecular formula is C10H21NO. The normalized spacial score (nSPS) is 25.0. The van der Waals surface area contributed by atoms with E-state index >= 15 is 0 Å². The van der Waals surface area contributed by atoms with Crippen molar-refractivity contribution in [3.63, 3.8) is 0 Å². The van der Waals surface area contributed by atoms with Crippen LogP contribution in [-0.4, -0.2) is 37.7 Å². The number of likely N-dealkylation sites (tertiary alicyclic amines) is 1. The largest absolute Gasteiger partial charge is 0.383 e. The van der Waals surface area contributed by atoms with Gasteiger partial charge >= 0.3 is 0 Å². The van der Waals surface area contributed by atoms with Crippen LogP contribution in [0.5, 0.6) is 0 Å². The van der Waals surface area contributed by atoms with Gasteiger partial charge in [-0.15, -0.1) is 0 Å². The molecule has 1 aliphatic heterocycles.